The van der Waals surface area contributed by atoms with Gasteiger partial charge in [-0.2, -0.15) is 13.2 Å². The van der Waals surface area contributed by atoms with Crippen LogP contribution in [0, 0.1) is 0 Å². The molecule has 138 valence electrons. The molecule has 2 aromatic carbocycles. The minimum Gasteiger partial charge on any atom is -0.366 e. The van der Waals surface area contributed by atoms with Crippen molar-refractivity contribution >= 4 is 17.5 Å². The van der Waals surface area contributed by atoms with Gasteiger partial charge in [-0.05, 0) is 49.0 Å². The van der Waals surface area contributed by atoms with Gasteiger partial charge in [-0.15, -0.1) is 0 Å². The fraction of sp³-hybridized carbons (Fsp3) is 0.222. The van der Waals surface area contributed by atoms with E-state index in [0.717, 1.165) is 12.1 Å². The lowest BCUT2D eigenvalue weighted by molar-refractivity contribution is -0.137. The maximum absolute atomic E-state index is 12.5. The molecule has 0 aromatic heterocycles. The third kappa shape index (κ3) is 5.59. The van der Waals surface area contributed by atoms with Crippen molar-refractivity contribution in [3.05, 3.63) is 65.2 Å². The highest BCUT2D eigenvalue weighted by atomic mass is 19.4. The quantitative estimate of drug-likeness (QED) is 0.827. The first-order valence-electron chi connectivity index (χ1n) is 7.69. The zero-order chi connectivity index (χ0) is 19.3. The molecule has 0 atom stereocenters. The van der Waals surface area contributed by atoms with Gasteiger partial charge in [0.25, 0.3) is 0 Å². The number of hydrogen-bond acceptors (Lipinski definition) is 3. The molecule has 0 bridgehead atoms. The second-order valence-electron chi connectivity index (χ2n) is 5.86. The average molecular weight is 365 g/mol. The number of hydrogen-bond donors (Lipinski definition) is 2. The number of anilines is 1. The molecule has 0 fully saturated rings. The summed E-state index contributed by atoms with van der Waals surface area (Å²) in [5.74, 6) is -0.842. The minimum absolute atomic E-state index is 0.0542. The van der Waals surface area contributed by atoms with Crippen molar-refractivity contribution in [3.8, 4) is 0 Å². The zero-order valence-electron chi connectivity index (χ0n) is 14.0. The number of nitrogens with two attached hydrogens (primary N) is 1. The molecule has 8 heteroatoms. The van der Waals surface area contributed by atoms with E-state index in [1.165, 1.54) is 24.3 Å². The van der Waals surface area contributed by atoms with Crippen LogP contribution in [0.4, 0.5) is 18.9 Å². The van der Waals surface area contributed by atoms with Gasteiger partial charge in [0.1, 0.15) is 0 Å². The Balaban J connectivity index is 1.87. The van der Waals surface area contributed by atoms with E-state index in [9.17, 15) is 22.8 Å². The first kappa shape index (κ1) is 19.5. The number of amides is 2. The van der Waals surface area contributed by atoms with Crippen LogP contribution in [-0.2, 0) is 17.5 Å². The minimum atomic E-state index is -4.37. The smallest absolute Gasteiger partial charge is 0.366 e. The van der Waals surface area contributed by atoms with Gasteiger partial charge >= 0.3 is 6.18 Å². The summed E-state index contributed by atoms with van der Waals surface area (Å²) in [6.45, 7) is 0.380. The van der Waals surface area contributed by atoms with E-state index >= 15 is 0 Å². The van der Waals surface area contributed by atoms with Crippen molar-refractivity contribution in [2.45, 2.75) is 12.7 Å². The zero-order valence-corrected chi connectivity index (χ0v) is 14.0. The number of nitrogens with one attached hydrogen (secondary N) is 1. The number of benzene rings is 2. The molecule has 0 unspecified atom stereocenters. The van der Waals surface area contributed by atoms with E-state index < -0.39 is 17.6 Å². The molecule has 0 heterocycles. The van der Waals surface area contributed by atoms with E-state index in [2.05, 4.69) is 5.32 Å². The van der Waals surface area contributed by atoms with Gasteiger partial charge in [0.05, 0.1) is 12.1 Å². The Labute approximate surface area is 148 Å². The summed E-state index contributed by atoms with van der Waals surface area (Å²) in [7, 11) is 1.69. The average Bonchev–Trinajstić information content (AvgIpc) is 2.54. The first-order valence-corrected chi connectivity index (χ1v) is 7.69. The Bertz CT molecular complexity index is 772. The molecule has 0 saturated carbocycles. The standard InChI is InChI=1S/C18H18F3N3O2/c1-24(10-12-2-6-14(7-3-12)18(19,20)21)11-16(25)23-15-8-4-13(5-9-15)17(22)26/h2-9H,10-11H2,1H3,(H2,22,26)(H,23,25). The normalized spacial score (nSPS) is 11.4. The topological polar surface area (TPSA) is 75.4 Å². The summed E-state index contributed by atoms with van der Waals surface area (Å²) < 4.78 is 37.6. The highest BCUT2D eigenvalue weighted by Gasteiger charge is 2.29. The molecule has 0 saturated heterocycles. The van der Waals surface area contributed by atoms with Gasteiger partial charge in [-0.3, -0.25) is 14.5 Å². The lowest BCUT2D eigenvalue weighted by atomic mass is 10.1. The van der Waals surface area contributed by atoms with Crippen LogP contribution >= 0.6 is 0 Å². The molecule has 0 radical (unpaired) electrons. The van der Waals surface area contributed by atoms with Crippen molar-refractivity contribution < 1.29 is 22.8 Å². The molecule has 2 amide bonds. The molecule has 0 aliphatic rings. The van der Waals surface area contributed by atoms with Crippen LogP contribution in [-0.4, -0.2) is 30.3 Å². The predicted octanol–water partition coefficient (Wildman–Crippen LogP) is 2.87. The molecular weight excluding hydrogens is 347 g/mol. The fourth-order valence-electron chi connectivity index (χ4n) is 2.33. The molecule has 26 heavy (non-hydrogen) atoms. The molecule has 0 aliphatic heterocycles. The fourth-order valence-corrected chi connectivity index (χ4v) is 2.33. The molecule has 0 aliphatic carbocycles. The Morgan fingerprint density at radius 3 is 2.12 bits per heavy atom. The van der Waals surface area contributed by atoms with Crippen molar-refractivity contribution in [1.29, 1.82) is 0 Å². The van der Waals surface area contributed by atoms with E-state index in [0.29, 0.717) is 23.4 Å². The maximum atomic E-state index is 12.5. The maximum Gasteiger partial charge on any atom is 0.416 e. The Hall–Kier alpha value is -2.87. The molecule has 5 nitrogen and oxygen atoms in total. The third-order valence-corrected chi connectivity index (χ3v) is 3.60. The Morgan fingerprint density at radius 2 is 1.62 bits per heavy atom. The van der Waals surface area contributed by atoms with Crippen LogP contribution in [0.15, 0.2) is 48.5 Å². The van der Waals surface area contributed by atoms with Crippen molar-refractivity contribution in [3.63, 3.8) is 0 Å². The summed E-state index contributed by atoms with van der Waals surface area (Å²) in [6.07, 6.45) is -4.37. The number of rotatable bonds is 6. The molecule has 2 rings (SSSR count). The van der Waals surface area contributed by atoms with E-state index in [1.807, 2.05) is 0 Å². The van der Waals surface area contributed by atoms with Gasteiger partial charge in [0.15, 0.2) is 0 Å². The summed E-state index contributed by atoms with van der Waals surface area (Å²) in [4.78, 5) is 24.7. The van der Waals surface area contributed by atoms with Crippen LogP contribution in [0.25, 0.3) is 0 Å². The molecule has 0 spiro atoms. The largest absolute Gasteiger partial charge is 0.416 e. The summed E-state index contributed by atoms with van der Waals surface area (Å²) in [5, 5.41) is 2.67. The van der Waals surface area contributed by atoms with Crippen molar-refractivity contribution in [1.82, 2.24) is 4.90 Å². The number of halogens is 3. The van der Waals surface area contributed by atoms with Gasteiger partial charge in [-0.25, -0.2) is 0 Å². The number of nitrogens with zero attached hydrogens (tertiary/aromatic N) is 1. The number of carbonyl (C=O) groups excluding carboxylic acids is 2. The molecule has 2 aromatic rings. The third-order valence-electron chi connectivity index (χ3n) is 3.60. The number of alkyl halides is 3. The highest BCUT2D eigenvalue weighted by Crippen LogP contribution is 2.29. The second kappa shape index (κ2) is 8.01. The van der Waals surface area contributed by atoms with Crippen LogP contribution < -0.4 is 11.1 Å². The van der Waals surface area contributed by atoms with Gasteiger partial charge in [0, 0.05) is 17.8 Å². The highest BCUT2D eigenvalue weighted by molar-refractivity contribution is 5.95. The van der Waals surface area contributed by atoms with Crippen LogP contribution in [0.5, 0.6) is 0 Å². The van der Waals surface area contributed by atoms with Crippen LogP contribution in [0.1, 0.15) is 21.5 Å². The molecule has 3 N–H and O–H groups in total. The monoisotopic (exact) mass is 365 g/mol. The lowest BCUT2D eigenvalue weighted by Gasteiger charge is -2.17. The Kier molecular flexibility index (Phi) is 5.99. The van der Waals surface area contributed by atoms with Crippen molar-refractivity contribution in [2.24, 2.45) is 5.73 Å². The number of likely N-dealkylation sites (N-methyl/N-ethyl adjacent to an activating group) is 1. The van der Waals surface area contributed by atoms with Crippen LogP contribution in [0.3, 0.4) is 0 Å². The SMILES string of the molecule is CN(CC(=O)Nc1ccc(C(N)=O)cc1)Cc1ccc(C(F)(F)F)cc1. The summed E-state index contributed by atoms with van der Waals surface area (Å²) >= 11 is 0. The molecular formula is C18H18F3N3O2. The summed E-state index contributed by atoms with van der Waals surface area (Å²) in [5.41, 5.74) is 5.95. The first-order chi connectivity index (χ1) is 12.1. The van der Waals surface area contributed by atoms with E-state index in [-0.39, 0.29) is 12.5 Å². The van der Waals surface area contributed by atoms with Gasteiger partial charge in [0.2, 0.25) is 11.8 Å². The second-order valence-corrected chi connectivity index (χ2v) is 5.86. The number of primary amides is 1. The predicted molar refractivity (Wildman–Crippen MR) is 91.4 cm³/mol. The lowest BCUT2D eigenvalue weighted by Crippen LogP contribution is -2.29. The van der Waals surface area contributed by atoms with Crippen LogP contribution in [0.2, 0.25) is 0 Å². The van der Waals surface area contributed by atoms with E-state index in [1.54, 1.807) is 24.1 Å². The van der Waals surface area contributed by atoms with Crippen molar-refractivity contribution in [2.75, 3.05) is 18.9 Å². The van der Waals surface area contributed by atoms with Gasteiger partial charge in [-0.1, -0.05) is 12.1 Å². The van der Waals surface area contributed by atoms with E-state index in [4.69, 9.17) is 5.73 Å². The number of carbonyl (C=O) groups is 2. The summed E-state index contributed by atoms with van der Waals surface area (Å²) in [6, 6.07) is 10.9. The van der Waals surface area contributed by atoms with Gasteiger partial charge < -0.3 is 11.1 Å². The Morgan fingerprint density at radius 1 is 1.04 bits per heavy atom.